The van der Waals surface area contributed by atoms with Gasteiger partial charge in [0, 0.05) is 17.3 Å². The molecule has 0 aliphatic rings. The summed E-state index contributed by atoms with van der Waals surface area (Å²) >= 11 is 3.29. The molecule has 17 heavy (non-hydrogen) atoms. The van der Waals surface area contributed by atoms with Gasteiger partial charge in [-0.05, 0) is 34.5 Å². The van der Waals surface area contributed by atoms with E-state index in [4.69, 9.17) is 15.4 Å². The molecule has 0 spiro atoms. The number of rotatable bonds is 4. The highest BCUT2D eigenvalue weighted by Gasteiger charge is 2.15. The van der Waals surface area contributed by atoms with Crippen LogP contribution in [0.15, 0.2) is 27.3 Å². The molecule has 0 aliphatic carbocycles. The number of nitrogens with zero attached hydrogens (tertiary/aromatic N) is 3. The minimum atomic E-state index is -0.448. The van der Waals surface area contributed by atoms with E-state index in [1.807, 2.05) is 6.07 Å². The number of aromatic nitrogens is 3. The van der Waals surface area contributed by atoms with Crippen molar-refractivity contribution in [3.63, 3.8) is 0 Å². The van der Waals surface area contributed by atoms with Gasteiger partial charge < -0.3 is 15.4 Å². The maximum Gasteiger partial charge on any atom is 0.244 e. The van der Waals surface area contributed by atoms with Crippen molar-refractivity contribution in [3.8, 4) is 11.5 Å². The van der Waals surface area contributed by atoms with Gasteiger partial charge in [0.05, 0.1) is 6.04 Å². The third-order valence-electron chi connectivity index (χ3n) is 2.16. The van der Waals surface area contributed by atoms with Gasteiger partial charge in [0.2, 0.25) is 11.7 Å². The third-order valence-corrected chi connectivity index (χ3v) is 2.62. The molecule has 0 saturated carbocycles. The van der Waals surface area contributed by atoms with Crippen LogP contribution < -0.4 is 5.73 Å². The maximum atomic E-state index is 8.76. The highest BCUT2D eigenvalue weighted by atomic mass is 79.9. The Hall–Kier alpha value is -1.31. The van der Waals surface area contributed by atoms with Crippen molar-refractivity contribution in [3.05, 3.63) is 28.7 Å². The number of hydrogen-bond acceptors (Lipinski definition) is 6. The minimum Gasteiger partial charge on any atom is -0.396 e. The summed E-state index contributed by atoms with van der Waals surface area (Å²) in [6.07, 6.45) is 2.04. The van der Waals surface area contributed by atoms with Gasteiger partial charge in [0.15, 0.2) is 0 Å². The van der Waals surface area contributed by atoms with Crippen molar-refractivity contribution < 1.29 is 9.63 Å². The molecule has 0 bridgehead atoms. The number of aliphatic hydroxyl groups is 1. The fraction of sp³-hybridized carbons (Fsp3) is 0.300. The second-order valence-corrected chi connectivity index (χ2v) is 4.35. The van der Waals surface area contributed by atoms with Crippen molar-refractivity contribution in [2.45, 2.75) is 12.5 Å². The van der Waals surface area contributed by atoms with Crippen LogP contribution >= 0.6 is 15.9 Å². The van der Waals surface area contributed by atoms with Gasteiger partial charge in [-0.1, -0.05) is 5.16 Å². The summed E-state index contributed by atoms with van der Waals surface area (Å²) in [4.78, 5) is 8.28. The van der Waals surface area contributed by atoms with E-state index in [-0.39, 0.29) is 6.61 Å². The molecule has 1 unspecified atom stereocenters. The number of pyridine rings is 1. The van der Waals surface area contributed by atoms with Gasteiger partial charge in [0.25, 0.3) is 0 Å². The van der Waals surface area contributed by atoms with Gasteiger partial charge in [-0.2, -0.15) is 4.98 Å². The number of halogens is 1. The zero-order chi connectivity index (χ0) is 12.3. The maximum absolute atomic E-state index is 8.76. The molecule has 0 radical (unpaired) electrons. The molecule has 90 valence electrons. The molecule has 6 nitrogen and oxygen atoms in total. The summed E-state index contributed by atoms with van der Waals surface area (Å²) in [5.74, 6) is 0.694. The molecule has 0 fully saturated rings. The molecular formula is C10H11BrN4O2. The van der Waals surface area contributed by atoms with Gasteiger partial charge in [0.1, 0.15) is 5.69 Å². The predicted octanol–water partition coefficient (Wildman–Crippen LogP) is 1.28. The van der Waals surface area contributed by atoms with Gasteiger partial charge >= 0.3 is 0 Å². The molecule has 2 heterocycles. The van der Waals surface area contributed by atoms with Gasteiger partial charge in [-0.25, -0.2) is 0 Å². The number of nitrogens with two attached hydrogens (primary N) is 1. The van der Waals surface area contributed by atoms with Crippen LogP contribution in [0.1, 0.15) is 18.4 Å². The molecule has 0 amide bonds. The molecule has 2 rings (SSSR count). The van der Waals surface area contributed by atoms with Gasteiger partial charge in [-0.15, -0.1) is 0 Å². The lowest BCUT2D eigenvalue weighted by molar-refractivity contribution is 0.259. The van der Waals surface area contributed by atoms with Crippen LogP contribution in [0, 0.1) is 0 Å². The average Bonchev–Trinajstić information content (AvgIpc) is 2.80. The van der Waals surface area contributed by atoms with Crippen LogP contribution in [0.3, 0.4) is 0 Å². The van der Waals surface area contributed by atoms with Crippen LogP contribution in [0.2, 0.25) is 0 Å². The first kappa shape index (κ1) is 12.2. The monoisotopic (exact) mass is 298 g/mol. The second-order valence-electron chi connectivity index (χ2n) is 3.44. The highest BCUT2D eigenvalue weighted by Crippen LogP contribution is 2.18. The summed E-state index contributed by atoms with van der Waals surface area (Å²) in [5, 5.41) is 12.6. The Morgan fingerprint density at radius 1 is 1.47 bits per heavy atom. The topological polar surface area (TPSA) is 98.1 Å². The van der Waals surface area contributed by atoms with E-state index in [0.29, 0.717) is 23.8 Å². The minimum absolute atomic E-state index is 0.0184. The van der Waals surface area contributed by atoms with E-state index in [2.05, 4.69) is 31.1 Å². The van der Waals surface area contributed by atoms with Crippen LogP contribution in [0.5, 0.6) is 0 Å². The number of aliphatic hydroxyl groups excluding tert-OH is 1. The summed E-state index contributed by atoms with van der Waals surface area (Å²) in [6.45, 7) is -0.0184. The van der Waals surface area contributed by atoms with E-state index >= 15 is 0 Å². The third kappa shape index (κ3) is 2.87. The molecule has 7 heteroatoms. The Morgan fingerprint density at radius 3 is 2.94 bits per heavy atom. The summed E-state index contributed by atoms with van der Waals surface area (Å²) < 4.78 is 5.89. The molecule has 0 aliphatic heterocycles. The zero-order valence-corrected chi connectivity index (χ0v) is 10.5. The smallest absolute Gasteiger partial charge is 0.244 e. The SMILES string of the molecule is NC(CCO)c1nc(-c2ccc(Br)cn2)no1. The first-order valence-electron chi connectivity index (χ1n) is 5.02. The second kappa shape index (κ2) is 5.35. The van der Waals surface area contributed by atoms with Crippen LogP contribution in [-0.4, -0.2) is 26.8 Å². The largest absolute Gasteiger partial charge is 0.396 e. The average molecular weight is 299 g/mol. The van der Waals surface area contributed by atoms with E-state index in [0.717, 1.165) is 4.47 Å². The molecule has 3 N–H and O–H groups in total. The number of hydrogen-bond donors (Lipinski definition) is 2. The Labute approximate surface area is 106 Å². The quantitative estimate of drug-likeness (QED) is 0.882. The van der Waals surface area contributed by atoms with Crippen molar-refractivity contribution in [1.29, 1.82) is 0 Å². The van der Waals surface area contributed by atoms with Crippen LogP contribution in [0.25, 0.3) is 11.5 Å². The Morgan fingerprint density at radius 2 is 2.29 bits per heavy atom. The first-order chi connectivity index (χ1) is 8.20. The molecule has 2 aromatic heterocycles. The van der Waals surface area contributed by atoms with Gasteiger partial charge in [-0.3, -0.25) is 4.98 Å². The van der Waals surface area contributed by atoms with E-state index in [9.17, 15) is 0 Å². The van der Waals surface area contributed by atoms with E-state index < -0.39 is 6.04 Å². The summed E-state index contributed by atoms with van der Waals surface area (Å²) in [6, 6.07) is 3.17. The lowest BCUT2D eigenvalue weighted by Crippen LogP contribution is -2.12. The summed E-state index contributed by atoms with van der Waals surface area (Å²) in [5.41, 5.74) is 6.35. The van der Waals surface area contributed by atoms with E-state index in [1.165, 1.54) is 0 Å². The molecule has 2 aromatic rings. The Kier molecular flexibility index (Phi) is 3.82. The molecular weight excluding hydrogens is 288 g/mol. The highest BCUT2D eigenvalue weighted by molar-refractivity contribution is 9.10. The zero-order valence-electron chi connectivity index (χ0n) is 8.88. The van der Waals surface area contributed by atoms with Crippen molar-refractivity contribution in [2.24, 2.45) is 5.73 Å². The molecule has 0 aromatic carbocycles. The molecule has 0 saturated heterocycles. The molecule has 1 atom stereocenters. The fourth-order valence-electron chi connectivity index (χ4n) is 1.26. The Balaban J connectivity index is 2.20. The van der Waals surface area contributed by atoms with Crippen molar-refractivity contribution in [1.82, 2.24) is 15.1 Å². The van der Waals surface area contributed by atoms with Crippen LogP contribution in [-0.2, 0) is 0 Å². The summed E-state index contributed by atoms with van der Waals surface area (Å²) in [7, 11) is 0. The van der Waals surface area contributed by atoms with Crippen molar-refractivity contribution >= 4 is 15.9 Å². The Bertz CT molecular complexity index is 485. The lowest BCUT2D eigenvalue weighted by Gasteiger charge is -2.01. The fourth-order valence-corrected chi connectivity index (χ4v) is 1.50. The van der Waals surface area contributed by atoms with Crippen LogP contribution in [0.4, 0.5) is 0 Å². The predicted molar refractivity (Wildman–Crippen MR) is 63.9 cm³/mol. The lowest BCUT2D eigenvalue weighted by atomic mass is 10.2. The first-order valence-corrected chi connectivity index (χ1v) is 5.82. The van der Waals surface area contributed by atoms with E-state index in [1.54, 1.807) is 12.3 Å². The normalized spacial score (nSPS) is 12.6. The van der Waals surface area contributed by atoms with Crippen molar-refractivity contribution in [2.75, 3.05) is 6.61 Å². The standard InChI is InChI=1S/C10H11BrN4O2/c11-6-1-2-8(13-5-6)9-14-10(17-15-9)7(12)3-4-16/h1-2,5,7,16H,3-4,12H2.